The Morgan fingerprint density at radius 3 is 2.90 bits per heavy atom. The number of nitrogens with zero attached hydrogens (tertiary/aromatic N) is 3. The van der Waals surface area contributed by atoms with Gasteiger partial charge in [0.1, 0.15) is 5.82 Å². The molecule has 2 aromatic rings. The lowest BCUT2D eigenvalue weighted by atomic mass is 9.99. The van der Waals surface area contributed by atoms with E-state index in [0.717, 1.165) is 25.2 Å². The Bertz CT molecular complexity index is 642. The summed E-state index contributed by atoms with van der Waals surface area (Å²) in [5.74, 6) is 1.52. The summed E-state index contributed by atoms with van der Waals surface area (Å²) < 4.78 is 5.18. The molecule has 0 fully saturated rings. The van der Waals surface area contributed by atoms with E-state index in [1.165, 1.54) is 16.8 Å². The van der Waals surface area contributed by atoms with Crippen molar-refractivity contribution in [1.82, 2.24) is 9.97 Å². The average Bonchev–Trinajstić information content (AvgIpc) is 2.45. The van der Waals surface area contributed by atoms with Crippen LogP contribution in [0.1, 0.15) is 17.5 Å². The van der Waals surface area contributed by atoms with Gasteiger partial charge in [0.2, 0.25) is 11.8 Å². The zero-order valence-electron chi connectivity index (χ0n) is 11.8. The number of rotatable bonds is 2. The average molecular weight is 270 g/mol. The van der Waals surface area contributed by atoms with E-state index < -0.39 is 0 Å². The Labute approximate surface area is 118 Å². The van der Waals surface area contributed by atoms with Crippen LogP contribution in [0.4, 0.5) is 17.5 Å². The van der Waals surface area contributed by atoms with Crippen LogP contribution < -0.4 is 15.4 Å². The summed E-state index contributed by atoms with van der Waals surface area (Å²) in [6.07, 6.45) is 2.20. The van der Waals surface area contributed by atoms with E-state index in [1.807, 2.05) is 6.07 Å². The summed E-state index contributed by atoms with van der Waals surface area (Å²) >= 11 is 0. The van der Waals surface area contributed by atoms with E-state index >= 15 is 0 Å². The van der Waals surface area contributed by atoms with Crippen LogP contribution in [0.5, 0.6) is 5.88 Å². The summed E-state index contributed by atoms with van der Waals surface area (Å²) in [5, 5.41) is 0. The quantitative estimate of drug-likeness (QED) is 0.908. The van der Waals surface area contributed by atoms with Crippen molar-refractivity contribution in [2.45, 2.75) is 19.8 Å². The molecule has 0 aliphatic carbocycles. The van der Waals surface area contributed by atoms with Crippen LogP contribution in [0.25, 0.3) is 0 Å². The predicted molar refractivity (Wildman–Crippen MR) is 79.5 cm³/mol. The Morgan fingerprint density at radius 1 is 1.25 bits per heavy atom. The molecule has 0 bridgehead atoms. The van der Waals surface area contributed by atoms with Gasteiger partial charge in [0, 0.05) is 18.3 Å². The molecule has 2 heterocycles. The molecule has 20 heavy (non-hydrogen) atoms. The topological polar surface area (TPSA) is 64.3 Å². The van der Waals surface area contributed by atoms with Crippen LogP contribution in [0.15, 0.2) is 24.3 Å². The zero-order valence-corrected chi connectivity index (χ0v) is 11.8. The van der Waals surface area contributed by atoms with E-state index in [4.69, 9.17) is 10.5 Å². The van der Waals surface area contributed by atoms with Gasteiger partial charge in [-0.2, -0.15) is 9.97 Å². The first kappa shape index (κ1) is 12.7. The molecule has 2 N–H and O–H groups in total. The number of fused-ring (bicyclic) bond motifs is 1. The van der Waals surface area contributed by atoms with Gasteiger partial charge in [0.25, 0.3) is 0 Å². The first-order chi connectivity index (χ1) is 9.67. The minimum atomic E-state index is 0.235. The highest BCUT2D eigenvalue weighted by molar-refractivity contribution is 5.67. The van der Waals surface area contributed by atoms with E-state index in [9.17, 15) is 0 Å². The van der Waals surface area contributed by atoms with Crippen molar-refractivity contribution in [3.05, 3.63) is 35.4 Å². The first-order valence-electron chi connectivity index (χ1n) is 6.73. The number of benzene rings is 1. The van der Waals surface area contributed by atoms with Crippen molar-refractivity contribution in [2.24, 2.45) is 0 Å². The van der Waals surface area contributed by atoms with Gasteiger partial charge in [-0.3, -0.25) is 0 Å². The monoisotopic (exact) mass is 270 g/mol. The second-order valence-electron chi connectivity index (χ2n) is 5.01. The molecule has 0 spiro atoms. The summed E-state index contributed by atoms with van der Waals surface area (Å²) in [7, 11) is 1.58. The molecule has 1 aliphatic heterocycles. The third kappa shape index (κ3) is 2.27. The molecule has 0 amide bonds. The fourth-order valence-electron chi connectivity index (χ4n) is 2.64. The van der Waals surface area contributed by atoms with Gasteiger partial charge >= 0.3 is 0 Å². The molecule has 0 radical (unpaired) electrons. The highest BCUT2D eigenvalue weighted by atomic mass is 16.5. The molecule has 1 aromatic heterocycles. The fourth-order valence-corrected chi connectivity index (χ4v) is 2.64. The third-order valence-electron chi connectivity index (χ3n) is 3.55. The molecule has 5 heteroatoms. The zero-order chi connectivity index (χ0) is 14.1. The van der Waals surface area contributed by atoms with Crippen molar-refractivity contribution in [3.63, 3.8) is 0 Å². The van der Waals surface area contributed by atoms with Crippen molar-refractivity contribution < 1.29 is 4.74 Å². The van der Waals surface area contributed by atoms with E-state index in [0.29, 0.717) is 5.88 Å². The minimum Gasteiger partial charge on any atom is -0.481 e. The SMILES string of the molecule is COc1cc(N2CCCc3cc(C)ccc32)nc(N)n1. The number of nitrogens with two attached hydrogens (primary N) is 1. The van der Waals surface area contributed by atoms with Crippen LogP contribution in [0.3, 0.4) is 0 Å². The van der Waals surface area contributed by atoms with Crippen molar-refractivity contribution in [1.29, 1.82) is 0 Å². The standard InChI is InChI=1S/C15H18N4O/c1-10-5-6-12-11(8-10)4-3-7-19(12)13-9-14(20-2)18-15(16)17-13/h5-6,8-9H,3-4,7H2,1-2H3,(H2,16,17,18). The number of aryl methyl sites for hydroxylation is 2. The van der Waals surface area contributed by atoms with Gasteiger partial charge in [0.05, 0.1) is 7.11 Å². The molecule has 0 saturated heterocycles. The summed E-state index contributed by atoms with van der Waals surface area (Å²) in [6, 6.07) is 8.34. The van der Waals surface area contributed by atoms with E-state index in [-0.39, 0.29) is 5.95 Å². The van der Waals surface area contributed by atoms with Crippen LogP contribution in [-0.2, 0) is 6.42 Å². The lowest BCUT2D eigenvalue weighted by molar-refractivity contribution is 0.397. The Morgan fingerprint density at radius 2 is 2.10 bits per heavy atom. The lowest BCUT2D eigenvalue weighted by Gasteiger charge is -2.30. The van der Waals surface area contributed by atoms with Gasteiger partial charge in [-0.25, -0.2) is 0 Å². The third-order valence-corrected chi connectivity index (χ3v) is 3.55. The molecule has 0 atom stereocenters. The van der Waals surface area contributed by atoms with E-state index in [1.54, 1.807) is 7.11 Å². The van der Waals surface area contributed by atoms with Crippen molar-refractivity contribution in [3.8, 4) is 5.88 Å². The maximum atomic E-state index is 5.76. The maximum absolute atomic E-state index is 5.76. The highest BCUT2D eigenvalue weighted by Gasteiger charge is 2.20. The largest absolute Gasteiger partial charge is 0.481 e. The number of methoxy groups -OCH3 is 1. The number of aromatic nitrogens is 2. The smallest absolute Gasteiger partial charge is 0.225 e. The molecule has 5 nitrogen and oxygen atoms in total. The molecule has 0 unspecified atom stereocenters. The van der Waals surface area contributed by atoms with Crippen LogP contribution >= 0.6 is 0 Å². The normalized spacial score (nSPS) is 14.0. The molecular weight excluding hydrogens is 252 g/mol. The van der Waals surface area contributed by atoms with Crippen LogP contribution in [0.2, 0.25) is 0 Å². The van der Waals surface area contributed by atoms with Gasteiger partial charge in [-0.1, -0.05) is 17.7 Å². The molecular formula is C15H18N4O. The fraction of sp³-hybridized carbons (Fsp3) is 0.333. The van der Waals surface area contributed by atoms with E-state index in [2.05, 4.69) is 40.0 Å². The second-order valence-corrected chi connectivity index (χ2v) is 5.01. The lowest BCUT2D eigenvalue weighted by Crippen LogP contribution is -2.25. The Hall–Kier alpha value is -2.30. The van der Waals surface area contributed by atoms with Crippen molar-refractivity contribution in [2.75, 3.05) is 24.3 Å². The predicted octanol–water partition coefficient (Wildman–Crippen LogP) is 2.46. The number of ether oxygens (including phenoxy) is 1. The maximum Gasteiger partial charge on any atom is 0.225 e. The number of hydrogen-bond donors (Lipinski definition) is 1. The summed E-state index contributed by atoms with van der Waals surface area (Å²) in [4.78, 5) is 10.6. The first-order valence-corrected chi connectivity index (χ1v) is 6.73. The number of anilines is 3. The van der Waals surface area contributed by atoms with Gasteiger partial charge in [-0.15, -0.1) is 0 Å². The van der Waals surface area contributed by atoms with Crippen LogP contribution in [-0.4, -0.2) is 23.6 Å². The Balaban J connectivity index is 2.06. The number of hydrogen-bond acceptors (Lipinski definition) is 5. The van der Waals surface area contributed by atoms with Crippen LogP contribution in [0, 0.1) is 6.92 Å². The molecule has 104 valence electrons. The molecule has 3 rings (SSSR count). The Kier molecular flexibility index (Phi) is 3.18. The molecule has 1 aromatic carbocycles. The van der Waals surface area contributed by atoms with Gasteiger partial charge < -0.3 is 15.4 Å². The molecule has 1 aliphatic rings. The number of nitrogen functional groups attached to an aromatic ring is 1. The highest BCUT2D eigenvalue weighted by Crippen LogP contribution is 2.34. The molecule has 0 saturated carbocycles. The van der Waals surface area contributed by atoms with Gasteiger partial charge in [0.15, 0.2) is 0 Å². The van der Waals surface area contributed by atoms with Gasteiger partial charge in [-0.05, 0) is 31.4 Å². The second kappa shape index (κ2) is 5.00. The summed E-state index contributed by atoms with van der Waals surface area (Å²) in [6.45, 7) is 3.04. The minimum absolute atomic E-state index is 0.235. The summed E-state index contributed by atoms with van der Waals surface area (Å²) in [5.41, 5.74) is 9.59. The van der Waals surface area contributed by atoms with Crippen molar-refractivity contribution >= 4 is 17.5 Å².